The van der Waals surface area contributed by atoms with Crippen LogP contribution in [0.25, 0.3) is 0 Å². The summed E-state index contributed by atoms with van der Waals surface area (Å²) in [5.41, 5.74) is 0. The van der Waals surface area contributed by atoms with Crippen LogP contribution in [0.3, 0.4) is 0 Å². The number of carboxylic acids is 1. The molecular formula is C13H20N2O4S. The minimum absolute atomic E-state index is 0.0325. The van der Waals surface area contributed by atoms with E-state index in [0.717, 1.165) is 4.88 Å². The fourth-order valence-electron chi connectivity index (χ4n) is 1.62. The first-order valence-electron chi connectivity index (χ1n) is 6.38. The van der Waals surface area contributed by atoms with Crippen molar-refractivity contribution in [3.63, 3.8) is 0 Å². The maximum absolute atomic E-state index is 11.8. The molecule has 20 heavy (non-hydrogen) atoms. The molecular weight excluding hydrogens is 280 g/mol. The van der Waals surface area contributed by atoms with Crippen LogP contribution in [0.4, 0.5) is 4.79 Å². The zero-order chi connectivity index (χ0) is 15.0. The van der Waals surface area contributed by atoms with Crippen molar-refractivity contribution in [3.8, 4) is 0 Å². The number of thiophene rings is 1. The quantitative estimate of drug-likeness (QED) is 0.639. The summed E-state index contributed by atoms with van der Waals surface area (Å²) >= 11 is 1.60. The molecule has 0 bridgehead atoms. The average Bonchev–Trinajstić information content (AvgIpc) is 2.88. The van der Waals surface area contributed by atoms with Crippen LogP contribution in [0.1, 0.15) is 24.8 Å². The number of nitrogens with one attached hydrogen (secondary N) is 2. The lowest BCUT2D eigenvalue weighted by molar-refractivity contribution is -0.142. The molecule has 0 fully saturated rings. The maximum atomic E-state index is 11.8. The first-order valence-corrected chi connectivity index (χ1v) is 7.26. The smallest absolute Gasteiger partial charge is 0.329 e. The Morgan fingerprint density at radius 3 is 2.75 bits per heavy atom. The Labute approximate surface area is 122 Å². The van der Waals surface area contributed by atoms with E-state index in [1.54, 1.807) is 11.3 Å². The van der Waals surface area contributed by atoms with E-state index >= 15 is 0 Å². The average molecular weight is 300 g/mol. The summed E-state index contributed by atoms with van der Waals surface area (Å²) in [6.45, 7) is 4.17. The van der Waals surface area contributed by atoms with E-state index in [4.69, 9.17) is 9.84 Å². The molecule has 0 saturated carbocycles. The van der Waals surface area contributed by atoms with E-state index in [2.05, 4.69) is 10.6 Å². The van der Waals surface area contributed by atoms with Crippen LogP contribution >= 0.6 is 11.3 Å². The van der Waals surface area contributed by atoms with Gasteiger partial charge in [-0.1, -0.05) is 19.9 Å². The maximum Gasteiger partial charge on any atom is 0.329 e. The number of rotatable bonds is 8. The number of carbonyl (C=O) groups excluding carboxylic acids is 1. The van der Waals surface area contributed by atoms with Gasteiger partial charge >= 0.3 is 12.0 Å². The highest BCUT2D eigenvalue weighted by atomic mass is 32.1. The SMILES string of the molecule is CC(C)C(NC(=O)NCCOCC(=O)O)c1cccs1. The van der Waals surface area contributed by atoms with Gasteiger partial charge in [0.1, 0.15) is 6.61 Å². The molecule has 0 aromatic carbocycles. The first kappa shape index (κ1) is 16.5. The Morgan fingerprint density at radius 2 is 2.20 bits per heavy atom. The van der Waals surface area contributed by atoms with Crippen LogP contribution in [0.2, 0.25) is 0 Å². The number of hydrogen-bond donors (Lipinski definition) is 3. The Morgan fingerprint density at radius 1 is 1.45 bits per heavy atom. The number of carbonyl (C=O) groups is 2. The fraction of sp³-hybridized carbons (Fsp3) is 0.538. The number of ether oxygens (including phenoxy) is 1. The topological polar surface area (TPSA) is 87.7 Å². The number of carboxylic acid groups (broad SMARTS) is 1. The fourth-order valence-corrected chi connectivity index (χ4v) is 2.57. The van der Waals surface area contributed by atoms with Crippen LogP contribution in [-0.2, 0) is 9.53 Å². The molecule has 2 amide bonds. The zero-order valence-electron chi connectivity index (χ0n) is 11.6. The number of amides is 2. The van der Waals surface area contributed by atoms with Gasteiger partial charge in [-0.3, -0.25) is 0 Å². The second kappa shape index (κ2) is 8.55. The molecule has 1 aromatic rings. The van der Waals surface area contributed by atoms with E-state index in [9.17, 15) is 9.59 Å². The van der Waals surface area contributed by atoms with Gasteiger partial charge in [-0.2, -0.15) is 0 Å². The first-order chi connectivity index (χ1) is 9.50. The predicted octanol–water partition coefficient (Wildman–Crippen LogP) is 1.85. The van der Waals surface area contributed by atoms with E-state index in [0.29, 0.717) is 0 Å². The lowest BCUT2D eigenvalue weighted by Gasteiger charge is -2.21. The number of hydrogen-bond acceptors (Lipinski definition) is 4. The van der Waals surface area contributed by atoms with Crippen molar-refractivity contribution in [2.24, 2.45) is 5.92 Å². The van der Waals surface area contributed by atoms with Gasteiger partial charge in [0.15, 0.2) is 0 Å². The third kappa shape index (κ3) is 6.03. The van der Waals surface area contributed by atoms with Crippen LogP contribution in [0.5, 0.6) is 0 Å². The van der Waals surface area contributed by atoms with Gasteiger partial charge in [-0.05, 0) is 17.4 Å². The van der Waals surface area contributed by atoms with Crippen LogP contribution in [-0.4, -0.2) is 36.9 Å². The summed E-state index contributed by atoms with van der Waals surface area (Å²) in [7, 11) is 0. The summed E-state index contributed by atoms with van der Waals surface area (Å²) in [6, 6.07) is 3.63. The van der Waals surface area contributed by atoms with Crippen molar-refractivity contribution in [2.75, 3.05) is 19.8 Å². The lowest BCUT2D eigenvalue weighted by Crippen LogP contribution is -2.40. The third-order valence-electron chi connectivity index (χ3n) is 2.56. The number of urea groups is 1. The summed E-state index contributed by atoms with van der Waals surface area (Å²) < 4.78 is 4.83. The molecule has 6 nitrogen and oxygen atoms in total. The van der Waals surface area contributed by atoms with Gasteiger partial charge in [0, 0.05) is 11.4 Å². The highest BCUT2D eigenvalue weighted by Gasteiger charge is 2.18. The minimum atomic E-state index is -1.02. The molecule has 3 N–H and O–H groups in total. The minimum Gasteiger partial charge on any atom is -0.480 e. The second-order valence-electron chi connectivity index (χ2n) is 4.58. The molecule has 1 atom stereocenters. The molecule has 1 heterocycles. The Kier molecular flexibility index (Phi) is 7.03. The molecule has 0 aliphatic heterocycles. The van der Waals surface area contributed by atoms with Crippen LogP contribution in [0, 0.1) is 5.92 Å². The van der Waals surface area contributed by atoms with Crippen molar-refractivity contribution in [2.45, 2.75) is 19.9 Å². The molecule has 112 valence electrons. The van der Waals surface area contributed by atoms with Crippen molar-refractivity contribution >= 4 is 23.3 Å². The van der Waals surface area contributed by atoms with Crippen LogP contribution in [0.15, 0.2) is 17.5 Å². The van der Waals surface area contributed by atoms with Gasteiger partial charge in [0.25, 0.3) is 0 Å². The molecule has 0 spiro atoms. The van der Waals surface area contributed by atoms with Gasteiger partial charge in [-0.25, -0.2) is 9.59 Å². The van der Waals surface area contributed by atoms with E-state index in [-0.39, 0.29) is 37.7 Å². The van der Waals surface area contributed by atoms with Crippen molar-refractivity contribution < 1.29 is 19.4 Å². The zero-order valence-corrected chi connectivity index (χ0v) is 12.4. The summed E-state index contributed by atoms with van der Waals surface area (Å²) in [5, 5.41) is 15.9. The van der Waals surface area contributed by atoms with Gasteiger partial charge in [0.05, 0.1) is 12.6 Å². The molecule has 0 radical (unpaired) electrons. The largest absolute Gasteiger partial charge is 0.480 e. The molecule has 1 unspecified atom stereocenters. The molecule has 0 saturated heterocycles. The van der Waals surface area contributed by atoms with E-state index < -0.39 is 5.97 Å². The van der Waals surface area contributed by atoms with Gasteiger partial charge < -0.3 is 20.5 Å². The molecule has 7 heteroatoms. The predicted molar refractivity (Wildman–Crippen MR) is 76.9 cm³/mol. The number of aliphatic carboxylic acids is 1. The van der Waals surface area contributed by atoms with E-state index in [1.165, 1.54) is 0 Å². The lowest BCUT2D eigenvalue weighted by atomic mass is 10.0. The third-order valence-corrected chi connectivity index (χ3v) is 3.52. The van der Waals surface area contributed by atoms with Crippen molar-refractivity contribution in [1.82, 2.24) is 10.6 Å². The van der Waals surface area contributed by atoms with Crippen LogP contribution < -0.4 is 10.6 Å². The van der Waals surface area contributed by atoms with Gasteiger partial charge in [0.2, 0.25) is 0 Å². The standard InChI is InChI=1S/C13H20N2O4S/c1-9(2)12(10-4-3-7-20-10)15-13(18)14-5-6-19-8-11(16)17/h3-4,7,9,12H,5-6,8H2,1-2H3,(H,16,17)(H2,14,15,18). The second-order valence-corrected chi connectivity index (χ2v) is 5.56. The molecule has 0 aliphatic carbocycles. The Bertz CT molecular complexity index is 420. The Balaban J connectivity index is 2.31. The highest BCUT2D eigenvalue weighted by molar-refractivity contribution is 7.10. The molecule has 1 aromatic heterocycles. The summed E-state index contributed by atoms with van der Waals surface area (Å²) in [5.74, 6) is -0.741. The van der Waals surface area contributed by atoms with Gasteiger partial charge in [-0.15, -0.1) is 11.3 Å². The van der Waals surface area contributed by atoms with E-state index in [1.807, 2.05) is 31.4 Å². The van der Waals surface area contributed by atoms with Crippen molar-refractivity contribution in [1.29, 1.82) is 0 Å². The molecule has 1 rings (SSSR count). The normalized spacial score (nSPS) is 12.2. The monoisotopic (exact) mass is 300 g/mol. The highest BCUT2D eigenvalue weighted by Crippen LogP contribution is 2.25. The summed E-state index contributed by atoms with van der Waals surface area (Å²) in [6.07, 6.45) is 0. The van der Waals surface area contributed by atoms with Crippen molar-refractivity contribution in [3.05, 3.63) is 22.4 Å². The molecule has 0 aliphatic rings. The summed E-state index contributed by atoms with van der Waals surface area (Å²) in [4.78, 5) is 23.1. The Hall–Kier alpha value is -1.60.